The van der Waals surface area contributed by atoms with Crippen LogP contribution in [0.4, 0.5) is 0 Å². The largest absolute Gasteiger partial charge is 0.493 e. The van der Waals surface area contributed by atoms with Gasteiger partial charge in [-0.15, -0.1) is 6.58 Å². The Hall–Kier alpha value is -2.01. The van der Waals surface area contributed by atoms with Crippen LogP contribution in [0.1, 0.15) is 22.3 Å². The Morgan fingerprint density at radius 2 is 2.05 bits per heavy atom. The van der Waals surface area contributed by atoms with Crippen molar-refractivity contribution in [2.24, 2.45) is 0 Å². The first kappa shape index (κ1) is 18.0. The fourth-order valence-electron chi connectivity index (χ4n) is 2.18. The van der Waals surface area contributed by atoms with Crippen LogP contribution in [-0.2, 0) is 6.42 Å². The smallest absolute Gasteiger partial charge is 0.251 e. The maximum Gasteiger partial charge on any atom is 0.251 e. The van der Waals surface area contributed by atoms with E-state index in [4.69, 9.17) is 9.47 Å². The van der Waals surface area contributed by atoms with Crippen LogP contribution in [0.2, 0.25) is 0 Å². The lowest BCUT2D eigenvalue weighted by molar-refractivity contribution is 0.0952. The van der Waals surface area contributed by atoms with Gasteiger partial charge in [-0.3, -0.25) is 4.79 Å². The molecule has 0 radical (unpaired) electrons. The highest BCUT2D eigenvalue weighted by atomic mass is 16.5. The second kappa shape index (κ2) is 9.10. The molecule has 5 nitrogen and oxygen atoms in total. The van der Waals surface area contributed by atoms with E-state index in [1.54, 1.807) is 26.4 Å². The summed E-state index contributed by atoms with van der Waals surface area (Å²) in [5.74, 6) is 1.09. The quantitative estimate of drug-likeness (QED) is 0.561. The molecule has 0 heterocycles. The van der Waals surface area contributed by atoms with E-state index in [0.717, 1.165) is 18.5 Å². The molecule has 1 aromatic rings. The number of ether oxygens (including phenoxy) is 2. The lowest BCUT2D eigenvalue weighted by Crippen LogP contribution is -2.27. The Morgan fingerprint density at radius 3 is 2.59 bits per heavy atom. The summed E-state index contributed by atoms with van der Waals surface area (Å²) < 4.78 is 10.7. The molecule has 0 saturated heterocycles. The Morgan fingerprint density at radius 1 is 1.32 bits per heavy atom. The molecule has 122 valence electrons. The highest BCUT2D eigenvalue weighted by Crippen LogP contribution is 2.33. The number of methoxy groups -OCH3 is 2. The molecule has 1 rings (SSSR count). The Bertz CT molecular complexity index is 513. The van der Waals surface area contributed by atoms with Crippen LogP contribution in [0.15, 0.2) is 24.8 Å². The molecule has 1 amide bonds. The van der Waals surface area contributed by atoms with Crippen LogP contribution >= 0.6 is 0 Å². The number of nitrogens with zero attached hydrogens (tertiary/aromatic N) is 1. The molecule has 1 aromatic carbocycles. The fourth-order valence-corrected chi connectivity index (χ4v) is 2.18. The zero-order valence-electron chi connectivity index (χ0n) is 13.9. The third-order valence-corrected chi connectivity index (χ3v) is 3.25. The number of amides is 1. The minimum Gasteiger partial charge on any atom is -0.493 e. The van der Waals surface area contributed by atoms with Crippen LogP contribution in [0, 0.1) is 0 Å². The summed E-state index contributed by atoms with van der Waals surface area (Å²) in [5.41, 5.74) is 1.45. The molecule has 22 heavy (non-hydrogen) atoms. The van der Waals surface area contributed by atoms with Crippen molar-refractivity contribution in [3.05, 3.63) is 35.9 Å². The van der Waals surface area contributed by atoms with Gasteiger partial charge in [0.05, 0.1) is 14.2 Å². The molecule has 5 heteroatoms. The van der Waals surface area contributed by atoms with Gasteiger partial charge in [0.1, 0.15) is 0 Å². The molecule has 0 bridgehead atoms. The zero-order chi connectivity index (χ0) is 16.5. The van der Waals surface area contributed by atoms with Gasteiger partial charge in [0.2, 0.25) is 0 Å². The van der Waals surface area contributed by atoms with Gasteiger partial charge in [-0.05, 0) is 45.6 Å². The molecule has 0 aliphatic carbocycles. The van der Waals surface area contributed by atoms with E-state index in [1.807, 2.05) is 20.2 Å². The molecule has 0 atom stereocenters. The lowest BCUT2D eigenvalue weighted by Gasteiger charge is -2.15. The van der Waals surface area contributed by atoms with Crippen molar-refractivity contribution in [2.45, 2.75) is 12.8 Å². The highest BCUT2D eigenvalue weighted by Gasteiger charge is 2.15. The minimum atomic E-state index is -0.106. The van der Waals surface area contributed by atoms with E-state index in [1.165, 1.54) is 0 Å². The average molecular weight is 306 g/mol. The van der Waals surface area contributed by atoms with Gasteiger partial charge in [-0.2, -0.15) is 0 Å². The summed E-state index contributed by atoms with van der Waals surface area (Å²) in [7, 11) is 7.18. The summed E-state index contributed by atoms with van der Waals surface area (Å²) in [6.45, 7) is 5.32. The van der Waals surface area contributed by atoms with Crippen molar-refractivity contribution in [3.8, 4) is 11.5 Å². The number of carbonyl (C=O) groups excluding carboxylic acids is 1. The monoisotopic (exact) mass is 306 g/mol. The van der Waals surface area contributed by atoms with E-state index in [-0.39, 0.29) is 5.91 Å². The molecule has 1 N–H and O–H groups in total. The molecular weight excluding hydrogens is 280 g/mol. The van der Waals surface area contributed by atoms with Crippen LogP contribution < -0.4 is 14.8 Å². The summed E-state index contributed by atoms with van der Waals surface area (Å²) in [6.07, 6.45) is 3.29. The normalized spacial score (nSPS) is 10.4. The first-order chi connectivity index (χ1) is 10.5. The summed E-state index contributed by atoms with van der Waals surface area (Å²) in [6, 6.07) is 3.52. The number of carbonyl (C=O) groups is 1. The molecule has 0 aliphatic heterocycles. The number of rotatable bonds is 9. The first-order valence-corrected chi connectivity index (χ1v) is 7.32. The van der Waals surface area contributed by atoms with E-state index in [9.17, 15) is 4.79 Å². The Labute approximate surface area is 132 Å². The molecule has 0 unspecified atom stereocenters. The maximum absolute atomic E-state index is 12.3. The van der Waals surface area contributed by atoms with Gasteiger partial charge in [-0.1, -0.05) is 6.08 Å². The van der Waals surface area contributed by atoms with Crippen molar-refractivity contribution in [1.29, 1.82) is 0 Å². The van der Waals surface area contributed by atoms with Crippen molar-refractivity contribution < 1.29 is 14.3 Å². The number of hydrogen-bond acceptors (Lipinski definition) is 4. The van der Waals surface area contributed by atoms with Gasteiger partial charge in [0, 0.05) is 17.7 Å². The van der Waals surface area contributed by atoms with Crippen molar-refractivity contribution in [2.75, 3.05) is 41.4 Å². The van der Waals surface area contributed by atoms with Crippen LogP contribution in [0.5, 0.6) is 11.5 Å². The standard InChI is InChI=1S/C17H26N2O3/c1-6-8-13-11-14(12-15(21-4)16(13)22-5)17(20)18-9-7-10-19(2)3/h6,11-12H,1,7-10H2,2-5H3,(H,18,20). The molecule has 0 aromatic heterocycles. The van der Waals surface area contributed by atoms with Gasteiger partial charge in [-0.25, -0.2) is 0 Å². The Balaban J connectivity index is 2.87. The SMILES string of the molecule is C=CCc1cc(C(=O)NCCCN(C)C)cc(OC)c1OC. The second-order valence-electron chi connectivity index (χ2n) is 5.28. The lowest BCUT2D eigenvalue weighted by atomic mass is 10.0. The van der Waals surface area contributed by atoms with Gasteiger partial charge < -0.3 is 19.7 Å². The number of hydrogen-bond donors (Lipinski definition) is 1. The summed E-state index contributed by atoms with van der Waals surface area (Å²) >= 11 is 0. The molecule has 0 aliphatic rings. The number of allylic oxidation sites excluding steroid dienone is 1. The maximum atomic E-state index is 12.3. The minimum absolute atomic E-state index is 0.106. The fraction of sp³-hybridized carbons (Fsp3) is 0.471. The van der Waals surface area contributed by atoms with Crippen LogP contribution in [0.3, 0.4) is 0 Å². The number of benzene rings is 1. The molecular formula is C17H26N2O3. The highest BCUT2D eigenvalue weighted by molar-refractivity contribution is 5.95. The first-order valence-electron chi connectivity index (χ1n) is 7.32. The summed E-state index contributed by atoms with van der Waals surface area (Å²) in [4.78, 5) is 14.4. The van der Waals surface area contributed by atoms with Crippen molar-refractivity contribution >= 4 is 5.91 Å². The number of nitrogens with one attached hydrogen (secondary N) is 1. The van der Waals surface area contributed by atoms with E-state index >= 15 is 0 Å². The van der Waals surface area contributed by atoms with Gasteiger partial charge >= 0.3 is 0 Å². The van der Waals surface area contributed by atoms with Crippen LogP contribution in [0.25, 0.3) is 0 Å². The van der Waals surface area contributed by atoms with Crippen LogP contribution in [-0.4, -0.2) is 52.2 Å². The van der Waals surface area contributed by atoms with E-state index in [0.29, 0.717) is 30.0 Å². The van der Waals surface area contributed by atoms with Crippen molar-refractivity contribution in [1.82, 2.24) is 10.2 Å². The molecule has 0 saturated carbocycles. The Kier molecular flexibility index (Phi) is 7.46. The second-order valence-corrected chi connectivity index (χ2v) is 5.28. The summed E-state index contributed by atoms with van der Waals surface area (Å²) in [5, 5.41) is 2.92. The topological polar surface area (TPSA) is 50.8 Å². The van der Waals surface area contributed by atoms with Gasteiger partial charge in [0.15, 0.2) is 11.5 Å². The van der Waals surface area contributed by atoms with Crippen molar-refractivity contribution in [3.63, 3.8) is 0 Å². The van der Waals surface area contributed by atoms with E-state index in [2.05, 4.69) is 16.8 Å². The van der Waals surface area contributed by atoms with E-state index < -0.39 is 0 Å². The predicted octanol–water partition coefficient (Wildman–Crippen LogP) is 2.11. The third-order valence-electron chi connectivity index (χ3n) is 3.25. The predicted molar refractivity (Wildman–Crippen MR) is 89.0 cm³/mol. The molecule has 0 fully saturated rings. The molecule has 0 spiro atoms. The average Bonchev–Trinajstić information content (AvgIpc) is 2.50. The van der Waals surface area contributed by atoms with Gasteiger partial charge in [0.25, 0.3) is 5.91 Å². The third kappa shape index (κ3) is 5.07. The zero-order valence-corrected chi connectivity index (χ0v) is 13.9.